The Bertz CT molecular complexity index is 274. The van der Waals surface area contributed by atoms with Gasteiger partial charge in [0, 0.05) is 0 Å². The maximum absolute atomic E-state index is 12.7. The second-order valence-electron chi connectivity index (χ2n) is 4.35. The largest absolute Gasteiger partial charge is 0.481 e. The number of fused-ring (bicyclic) bond motifs is 2. The first kappa shape index (κ1) is 9.80. The first-order valence-corrected chi connectivity index (χ1v) is 4.68. The average molecular weight is 208 g/mol. The Morgan fingerprint density at radius 1 is 1.36 bits per heavy atom. The standard InChI is InChI=1S/C9H11F3O2/c10-9(11,12)8(7(13)14)4-5-1-2-6(8)3-5/h5-6H,1-4H2,(H,13,14). The van der Waals surface area contributed by atoms with Crippen LogP contribution in [0.3, 0.4) is 0 Å². The van der Waals surface area contributed by atoms with Gasteiger partial charge in [0.1, 0.15) is 0 Å². The Morgan fingerprint density at radius 3 is 2.21 bits per heavy atom. The molecule has 3 unspecified atom stereocenters. The fourth-order valence-electron chi connectivity index (χ4n) is 3.06. The molecule has 0 aromatic rings. The van der Waals surface area contributed by atoms with Crippen molar-refractivity contribution in [2.75, 3.05) is 0 Å². The van der Waals surface area contributed by atoms with E-state index in [2.05, 4.69) is 0 Å². The van der Waals surface area contributed by atoms with E-state index in [9.17, 15) is 18.0 Å². The Kier molecular flexibility index (Phi) is 1.85. The highest BCUT2D eigenvalue weighted by atomic mass is 19.4. The Labute approximate surface area is 79.1 Å². The average Bonchev–Trinajstić information content (AvgIpc) is 2.59. The maximum atomic E-state index is 12.7. The molecule has 2 rings (SSSR count). The van der Waals surface area contributed by atoms with Crippen LogP contribution in [-0.4, -0.2) is 17.3 Å². The van der Waals surface area contributed by atoms with Gasteiger partial charge in [0.25, 0.3) is 0 Å². The molecule has 0 radical (unpaired) electrons. The molecule has 0 spiro atoms. The first-order valence-electron chi connectivity index (χ1n) is 4.68. The van der Waals surface area contributed by atoms with Crippen molar-refractivity contribution >= 4 is 5.97 Å². The Balaban J connectivity index is 2.39. The number of carbonyl (C=O) groups is 1. The second kappa shape index (κ2) is 2.64. The molecule has 2 fully saturated rings. The molecular formula is C9H11F3O2. The third-order valence-electron chi connectivity index (χ3n) is 3.74. The molecule has 0 aliphatic heterocycles. The predicted octanol–water partition coefficient (Wildman–Crippen LogP) is 2.44. The Morgan fingerprint density at radius 2 is 2.00 bits per heavy atom. The predicted molar refractivity (Wildman–Crippen MR) is 41.6 cm³/mol. The van der Waals surface area contributed by atoms with E-state index in [-0.39, 0.29) is 12.3 Å². The molecule has 1 N–H and O–H groups in total. The number of rotatable bonds is 1. The molecule has 0 heterocycles. The summed E-state index contributed by atoms with van der Waals surface area (Å²) in [6.45, 7) is 0. The SMILES string of the molecule is O=C(O)C1(C(F)(F)F)CC2CCC1C2. The highest BCUT2D eigenvalue weighted by molar-refractivity contribution is 5.77. The van der Waals surface area contributed by atoms with Crippen LogP contribution in [0.25, 0.3) is 0 Å². The summed E-state index contributed by atoms with van der Waals surface area (Å²) in [5.74, 6) is -2.40. The topological polar surface area (TPSA) is 37.3 Å². The smallest absolute Gasteiger partial charge is 0.405 e. The lowest BCUT2D eigenvalue weighted by atomic mass is 9.72. The summed E-state index contributed by atoms with van der Waals surface area (Å²) < 4.78 is 38.2. The highest BCUT2D eigenvalue weighted by Crippen LogP contribution is 2.62. The number of hydrogen-bond acceptors (Lipinski definition) is 1. The summed E-state index contributed by atoms with van der Waals surface area (Å²) >= 11 is 0. The van der Waals surface area contributed by atoms with Crippen LogP contribution in [-0.2, 0) is 4.79 Å². The number of hydrogen-bond donors (Lipinski definition) is 1. The lowest BCUT2D eigenvalue weighted by Crippen LogP contribution is -2.48. The molecule has 0 amide bonds. The van der Waals surface area contributed by atoms with Crippen LogP contribution in [0.1, 0.15) is 25.7 Å². The van der Waals surface area contributed by atoms with Crippen LogP contribution in [0.5, 0.6) is 0 Å². The number of alkyl halides is 3. The molecule has 0 saturated heterocycles. The van der Waals surface area contributed by atoms with Crippen molar-refractivity contribution in [2.45, 2.75) is 31.9 Å². The fraction of sp³-hybridized carbons (Fsp3) is 0.889. The van der Waals surface area contributed by atoms with E-state index in [1.54, 1.807) is 0 Å². The Hall–Kier alpha value is -0.740. The van der Waals surface area contributed by atoms with Crippen LogP contribution >= 0.6 is 0 Å². The van der Waals surface area contributed by atoms with E-state index in [0.717, 1.165) is 6.42 Å². The number of aliphatic carboxylic acids is 1. The molecule has 80 valence electrons. The van der Waals surface area contributed by atoms with E-state index in [4.69, 9.17) is 5.11 Å². The molecule has 2 saturated carbocycles. The van der Waals surface area contributed by atoms with Crippen molar-refractivity contribution < 1.29 is 23.1 Å². The zero-order chi connectivity index (χ0) is 10.6. The molecule has 14 heavy (non-hydrogen) atoms. The van der Waals surface area contributed by atoms with Gasteiger partial charge in [-0.2, -0.15) is 13.2 Å². The first-order chi connectivity index (χ1) is 6.38. The number of carboxylic acid groups (broad SMARTS) is 1. The second-order valence-corrected chi connectivity index (χ2v) is 4.35. The minimum Gasteiger partial charge on any atom is -0.481 e. The molecule has 2 bridgehead atoms. The summed E-state index contributed by atoms with van der Waals surface area (Å²) in [4.78, 5) is 10.8. The minimum atomic E-state index is -4.60. The number of halogens is 3. The lowest BCUT2D eigenvalue weighted by molar-refractivity contribution is -0.244. The fourth-order valence-corrected chi connectivity index (χ4v) is 3.06. The zero-order valence-corrected chi connectivity index (χ0v) is 7.47. The number of carboxylic acids is 1. The van der Waals surface area contributed by atoms with Gasteiger partial charge in [-0.1, -0.05) is 6.42 Å². The van der Waals surface area contributed by atoms with Gasteiger partial charge in [0.15, 0.2) is 5.41 Å². The van der Waals surface area contributed by atoms with Gasteiger partial charge >= 0.3 is 12.1 Å². The van der Waals surface area contributed by atoms with Gasteiger partial charge in [-0.15, -0.1) is 0 Å². The minimum absolute atomic E-state index is 0.0299. The molecule has 2 nitrogen and oxygen atoms in total. The van der Waals surface area contributed by atoms with Gasteiger partial charge < -0.3 is 5.11 Å². The zero-order valence-electron chi connectivity index (χ0n) is 7.47. The summed E-state index contributed by atoms with van der Waals surface area (Å²) in [6, 6.07) is 0. The van der Waals surface area contributed by atoms with Crippen LogP contribution < -0.4 is 0 Å². The summed E-state index contributed by atoms with van der Waals surface area (Å²) in [7, 11) is 0. The van der Waals surface area contributed by atoms with Crippen molar-refractivity contribution in [3.8, 4) is 0 Å². The van der Waals surface area contributed by atoms with Crippen LogP contribution in [0, 0.1) is 17.3 Å². The van der Waals surface area contributed by atoms with Crippen molar-refractivity contribution in [3.05, 3.63) is 0 Å². The van der Waals surface area contributed by atoms with Crippen LogP contribution in [0.4, 0.5) is 13.2 Å². The van der Waals surface area contributed by atoms with Crippen molar-refractivity contribution in [3.63, 3.8) is 0 Å². The molecule has 3 atom stereocenters. The quantitative estimate of drug-likeness (QED) is 0.718. The van der Waals surface area contributed by atoms with E-state index in [0.29, 0.717) is 12.8 Å². The maximum Gasteiger partial charge on any atom is 0.405 e. The van der Waals surface area contributed by atoms with Crippen molar-refractivity contribution in [2.24, 2.45) is 17.3 Å². The molecular weight excluding hydrogens is 197 g/mol. The van der Waals surface area contributed by atoms with Gasteiger partial charge in [-0.25, -0.2) is 0 Å². The van der Waals surface area contributed by atoms with Gasteiger partial charge in [0.2, 0.25) is 0 Å². The van der Waals surface area contributed by atoms with Crippen LogP contribution in [0.15, 0.2) is 0 Å². The molecule has 2 aliphatic rings. The summed E-state index contributed by atoms with van der Waals surface area (Å²) in [5.41, 5.74) is -2.43. The van der Waals surface area contributed by atoms with E-state index >= 15 is 0 Å². The molecule has 5 heteroatoms. The molecule has 0 aromatic carbocycles. The van der Waals surface area contributed by atoms with E-state index < -0.39 is 23.5 Å². The summed E-state index contributed by atoms with van der Waals surface area (Å²) in [6.07, 6.45) is -3.20. The molecule has 2 aliphatic carbocycles. The lowest BCUT2D eigenvalue weighted by Gasteiger charge is -2.35. The third-order valence-corrected chi connectivity index (χ3v) is 3.74. The van der Waals surface area contributed by atoms with E-state index in [1.165, 1.54) is 0 Å². The van der Waals surface area contributed by atoms with Gasteiger partial charge in [-0.05, 0) is 31.1 Å². The van der Waals surface area contributed by atoms with Crippen LogP contribution in [0.2, 0.25) is 0 Å². The monoisotopic (exact) mass is 208 g/mol. The normalized spacial score (nSPS) is 41.6. The highest BCUT2D eigenvalue weighted by Gasteiger charge is 2.69. The van der Waals surface area contributed by atoms with E-state index in [1.807, 2.05) is 0 Å². The van der Waals surface area contributed by atoms with Crippen molar-refractivity contribution in [1.29, 1.82) is 0 Å². The summed E-state index contributed by atoms with van der Waals surface area (Å²) in [5, 5.41) is 8.80. The van der Waals surface area contributed by atoms with Gasteiger partial charge in [0.05, 0.1) is 0 Å². The van der Waals surface area contributed by atoms with Gasteiger partial charge in [-0.3, -0.25) is 4.79 Å². The third kappa shape index (κ3) is 1.01. The molecule has 0 aromatic heterocycles. The van der Waals surface area contributed by atoms with Crippen molar-refractivity contribution in [1.82, 2.24) is 0 Å².